The molecule has 0 unspecified atom stereocenters. The number of hydrogen-bond acceptors (Lipinski definition) is 2. The average Bonchev–Trinajstić information content (AvgIpc) is 2.42. The third-order valence-electron chi connectivity index (χ3n) is 3.45. The van der Waals surface area contributed by atoms with Crippen molar-refractivity contribution in [2.75, 3.05) is 0 Å². The molecule has 0 saturated heterocycles. The molecule has 2 nitrogen and oxygen atoms in total. The minimum atomic E-state index is -0.273. The van der Waals surface area contributed by atoms with Crippen LogP contribution in [0.4, 0.5) is 0 Å². The number of hydrogen-bond donors (Lipinski definition) is 0. The summed E-state index contributed by atoms with van der Waals surface area (Å²) in [6, 6.07) is 15.5. The van der Waals surface area contributed by atoms with E-state index < -0.39 is 0 Å². The van der Waals surface area contributed by atoms with E-state index in [0.717, 1.165) is 22.1 Å². The lowest BCUT2D eigenvalue weighted by Crippen LogP contribution is -2.55. The fourth-order valence-corrected chi connectivity index (χ4v) is 2.66. The number of benzene rings is 2. The van der Waals surface area contributed by atoms with Crippen LogP contribution in [0, 0.1) is 0 Å². The number of ketones is 1. The summed E-state index contributed by atoms with van der Waals surface area (Å²) in [5.74, 6) is 0.0879. The van der Waals surface area contributed by atoms with Gasteiger partial charge in [0.2, 0.25) is 0 Å². The highest BCUT2D eigenvalue weighted by Gasteiger charge is 2.37. The van der Waals surface area contributed by atoms with Gasteiger partial charge in [-0.05, 0) is 31.7 Å². The molecule has 1 aliphatic heterocycles. The third kappa shape index (κ3) is 2.18. The van der Waals surface area contributed by atoms with Gasteiger partial charge >= 0.3 is 6.92 Å². The van der Waals surface area contributed by atoms with Crippen molar-refractivity contribution in [3.05, 3.63) is 59.7 Å². The average molecular weight is 264 g/mol. The van der Waals surface area contributed by atoms with Crippen LogP contribution in [0.1, 0.15) is 36.7 Å². The Kier molecular flexibility index (Phi) is 3.02. The second kappa shape index (κ2) is 4.60. The van der Waals surface area contributed by atoms with Gasteiger partial charge in [0.15, 0.2) is 5.78 Å². The maximum atomic E-state index is 12.6. The van der Waals surface area contributed by atoms with Gasteiger partial charge in [0, 0.05) is 16.7 Å². The smallest absolute Gasteiger partial charge is 0.363 e. The Hall–Kier alpha value is -1.87. The predicted octanol–water partition coefficient (Wildman–Crippen LogP) is 2.15. The quantitative estimate of drug-likeness (QED) is 0.738. The maximum Gasteiger partial charge on any atom is 0.363 e. The molecule has 0 bridgehead atoms. The largest absolute Gasteiger partial charge is 0.422 e. The Labute approximate surface area is 119 Å². The normalized spacial score (nSPS) is 13.9. The SMILES string of the molecule is CC(C)(C)OB1c2ccccc2C(=O)c2ccccc21. The first-order chi connectivity index (χ1) is 9.47. The van der Waals surface area contributed by atoms with Crippen LogP contribution >= 0.6 is 0 Å². The van der Waals surface area contributed by atoms with Crippen molar-refractivity contribution < 1.29 is 9.45 Å². The van der Waals surface area contributed by atoms with Crippen molar-refractivity contribution in [1.82, 2.24) is 0 Å². The zero-order valence-electron chi connectivity index (χ0n) is 12.0. The summed E-state index contributed by atoms with van der Waals surface area (Å²) < 4.78 is 6.23. The zero-order chi connectivity index (χ0) is 14.3. The minimum absolute atomic E-state index is 0.0879. The predicted molar refractivity (Wildman–Crippen MR) is 82.2 cm³/mol. The number of fused-ring (bicyclic) bond motifs is 2. The summed E-state index contributed by atoms with van der Waals surface area (Å²) in [6.45, 7) is 5.93. The van der Waals surface area contributed by atoms with Crippen LogP contribution in [-0.4, -0.2) is 18.3 Å². The molecule has 0 N–H and O–H groups in total. The fraction of sp³-hybridized carbons (Fsp3) is 0.235. The summed E-state index contributed by atoms with van der Waals surface area (Å²) in [6.07, 6.45) is 0. The maximum absolute atomic E-state index is 12.6. The zero-order valence-corrected chi connectivity index (χ0v) is 12.0. The van der Waals surface area contributed by atoms with Crippen LogP contribution in [0.15, 0.2) is 48.5 Å². The van der Waals surface area contributed by atoms with E-state index in [9.17, 15) is 4.79 Å². The van der Waals surface area contributed by atoms with Gasteiger partial charge in [0.05, 0.1) is 0 Å². The molecular weight excluding hydrogens is 247 g/mol. The van der Waals surface area contributed by atoms with E-state index in [1.807, 2.05) is 69.3 Å². The van der Waals surface area contributed by atoms with Crippen molar-refractivity contribution in [3.63, 3.8) is 0 Å². The van der Waals surface area contributed by atoms with E-state index in [4.69, 9.17) is 4.65 Å². The van der Waals surface area contributed by atoms with Gasteiger partial charge in [-0.15, -0.1) is 0 Å². The summed E-state index contributed by atoms with van der Waals surface area (Å²) >= 11 is 0. The topological polar surface area (TPSA) is 26.3 Å². The van der Waals surface area contributed by atoms with E-state index in [-0.39, 0.29) is 18.3 Å². The molecule has 0 aliphatic carbocycles. The van der Waals surface area contributed by atoms with Crippen molar-refractivity contribution in [1.29, 1.82) is 0 Å². The molecule has 0 radical (unpaired) electrons. The number of carbonyl (C=O) groups excluding carboxylic acids is 1. The lowest BCUT2D eigenvalue weighted by atomic mass is 9.49. The first-order valence-corrected chi connectivity index (χ1v) is 6.88. The van der Waals surface area contributed by atoms with Crippen molar-refractivity contribution in [2.45, 2.75) is 26.4 Å². The van der Waals surface area contributed by atoms with Crippen molar-refractivity contribution in [2.24, 2.45) is 0 Å². The Morgan fingerprint density at radius 1 is 0.850 bits per heavy atom. The van der Waals surface area contributed by atoms with E-state index in [0.29, 0.717) is 0 Å². The highest BCUT2D eigenvalue weighted by atomic mass is 16.5. The summed E-state index contributed by atoms with van der Waals surface area (Å²) in [4.78, 5) is 12.6. The van der Waals surface area contributed by atoms with E-state index in [1.165, 1.54) is 0 Å². The van der Waals surface area contributed by atoms with Crippen molar-refractivity contribution >= 4 is 23.6 Å². The first kappa shape index (κ1) is 13.1. The summed E-state index contributed by atoms with van der Waals surface area (Å²) in [7, 11) is 0. The highest BCUT2D eigenvalue weighted by Crippen LogP contribution is 2.18. The first-order valence-electron chi connectivity index (χ1n) is 6.88. The molecule has 0 fully saturated rings. The molecule has 100 valence electrons. The second-order valence-electron chi connectivity index (χ2n) is 6.11. The molecule has 2 aromatic rings. The van der Waals surface area contributed by atoms with Crippen LogP contribution in [0.2, 0.25) is 0 Å². The Morgan fingerprint density at radius 3 is 1.75 bits per heavy atom. The van der Waals surface area contributed by atoms with E-state index in [2.05, 4.69) is 0 Å². The van der Waals surface area contributed by atoms with Gasteiger partial charge in [-0.3, -0.25) is 4.79 Å². The van der Waals surface area contributed by atoms with Gasteiger partial charge in [0.25, 0.3) is 0 Å². The third-order valence-corrected chi connectivity index (χ3v) is 3.45. The molecule has 0 saturated carbocycles. The van der Waals surface area contributed by atoms with E-state index >= 15 is 0 Å². The molecule has 20 heavy (non-hydrogen) atoms. The second-order valence-corrected chi connectivity index (χ2v) is 6.11. The molecule has 0 spiro atoms. The molecule has 0 aromatic heterocycles. The molecule has 1 aliphatic rings. The molecule has 0 atom stereocenters. The van der Waals surface area contributed by atoms with Crippen LogP contribution in [0.25, 0.3) is 0 Å². The molecule has 0 amide bonds. The summed E-state index contributed by atoms with van der Waals surface area (Å²) in [5.41, 5.74) is 3.16. The van der Waals surface area contributed by atoms with Crippen LogP contribution < -0.4 is 10.9 Å². The molecule has 3 rings (SSSR count). The van der Waals surface area contributed by atoms with Gasteiger partial charge in [-0.1, -0.05) is 48.5 Å². The van der Waals surface area contributed by atoms with Crippen LogP contribution in [-0.2, 0) is 4.65 Å². The van der Waals surface area contributed by atoms with Crippen LogP contribution in [0.5, 0.6) is 0 Å². The Morgan fingerprint density at radius 2 is 1.30 bits per heavy atom. The Bertz CT molecular complexity index is 621. The molecular formula is C17H17BO2. The summed E-state index contributed by atoms with van der Waals surface area (Å²) in [5, 5.41) is 0. The number of rotatable bonds is 1. The van der Waals surface area contributed by atoms with E-state index in [1.54, 1.807) is 0 Å². The molecule has 1 heterocycles. The lowest BCUT2D eigenvalue weighted by molar-refractivity contribution is 0.103. The standard InChI is InChI=1S/C17H17BO2/c1-17(2,3)20-18-14-10-6-4-8-12(14)16(19)13-9-5-7-11-15(13)18/h4-11H,1-3H3. The van der Waals surface area contributed by atoms with Gasteiger partial charge in [-0.2, -0.15) is 0 Å². The van der Waals surface area contributed by atoms with Gasteiger partial charge in [0.1, 0.15) is 0 Å². The fourth-order valence-electron chi connectivity index (χ4n) is 2.66. The molecule has 3 heteroatoms. The highest BCUT2D eigenvalue weighted by molar-refractivity contribution is 6.83. The molecule has 2 aromatic carbocycles. The van der Waals surface area contributed by atoms with Crippen molar-refractivity contribution in [3.8, 4) is 0 Å². The number of carbonyl (C=O) groups is 1. The Balaban J connectivity index is 2.20. The van der Waals surface area contributed by atoms with Crippen LogP contribution in [0.3, 0.4) is 0 Å². The minimum Gasteiger partial charge on any atom is -0.422 e. The lowest BCUT2D eigenvalue weighted by Gasteiger charge is -2.30. The van der Waals surface area contributed by atoms with Gasteiger partial charge in [-0.25, -0.2) is 0 Å². The monoisotopic (exact) mass is 264 g/mol. The van der Waals surface area contributed by atoms with Gasteiger partial charge < -0.3 is 4.65 Å².